The van der Waals surface area contributed by atoms with E-state index < -0.39 is 18.5 Å². The van der Waals surface area contributed by atoms with Gasteiger partial charge in [-0.3, -0.25) is 14.4 Å². The zero-order valence-electron chi connectivity index (χ0n) is 18.1. The summed E-state index contributed by atoms with van der Waals surface area (Å²) in [5, 5.41) is 2.80. The lowest BCUT2D eigenvalue weighted by molar-refractivity contribution is -0.136. The van der Waals surface area contributed by atoms with Gasteiger partial charge in [-0.2, -0.15) is 0 Å². The number of aromatic nitrogens is 1. The molecule has 0 unspecified atom stereocenters. The van der Waals surface area contributed by atoms with Crippen LogP contribution in [0.1, 0.15) is 50.2 Å². The van der Waals surface area contributed by atoms with Crippen molar-refractivity contribution in [1.29, 1.82) is 0 Å². The molecule has 0 bridgehead atoms. The van der Waals surface area contributed by atoms with Gasteiger partial charge in [-0.15, -0.1) is 0 Å². The second-order valence-corrected chi connectivity index (χ2v) is 7.32. The van der Waals surface area contributed by atoms with Crippen LogP contribution >= 0.6 is 0 Å². The van der Waals surface area contributed by atoms with E-state index in [0.29, 0.717) is 22.5 Å². The Bertz CT molecular complexity index is 986. The molecule has 0 atom stereocenters. The van der Waals surface area contributed by atoms with Crippen molar-refractivity contribution in [3.8, 4) is 0 Å². The third kappa shape index (κ3) is 5.14. The van der Waals surface area contributed by atoms with E-state index in [4.69, 9.17) is 4.74 Å². The molecule has 1 aromatic carbocycles. The molecular formula is C22H27N3O5. The van der Waals surface area contributed by atoms with Crippen LogP contribution in [0.25, 0.3) is 0 Å². The van der Waals surface area contributed by atoms with Crippen LogP contribution in [-0.4, -0.2) is 53.7 Å². The first-order valence-corrected chi connectivity index (χ1v) is 9.50. The highest BCUT2D eigenvalue weighted by Crippen LogP contribution is 2.20. The number of aromatic amines is 1. The molecule has 0 spiro atoms. The lowest BCUT2D eigenvalue weighted by Gasteiger charge is -2.18. The van der Waals surface area contributed by atoms with Gasteiger partial charge in [-0.1, -0.05) is 18.2 Å². The number of amides is 2. The number of nitrogens with one attached hydrogen (secondary N) is 2. The Morgan fingerprint density at radius 2 is 1.67 bits per heavy atom. The maximum atomic E-state index is 12.3. The van der Waals surface area contributed by atoms with Crippen molar-refractivity contribution in [2.75, 3.05) is 25.5 Å². The molecule has 2 rings (SSSR count). The number of anilines is 1. The normalized spacial score (nSPS) is 10.5. The van der Waals surface area contributed by atoms with Gasteiger partial charge in [0.2, 0.25) is 5.91 Å². The van der Waals surface area contributed by atoms with Crippen LogP contribution in [-0.2, 0) is 14.3 Å². The molecule has 2 N–H and O–H groups in total. The molecule has 0 saturated carbocycles. The van der Waals surface area contributed by atoms with Gasteiger partial charge in [-0.25, -0.2) is 4.79 Å². The SMILES string of the molecule is CC(=O)c1c(C)[nH]c(C(=O)OCC(=O)N(C)CC(=O)Nc2c(C)cccc2C)c1C. The summed E-state index contributed by atoms with van der Waals surface area (Å²) in [6, 6.07) is 5.68. The summed E-state index contributed by atoms with van der Waals surface area (Å²) < 4.78 is 5.07. The molecule has 0 saturated heterocycles. The van der Waals surface area contributed by atoms with E-state index in [9.17, 15) is 19.2 Å². The average molecular weight is 413 g/mol. The predicted octanol–water partition coefficient (Wildman–Crippen LogP) is 2.70. The Balaban J connectivity index is 1.93. The van der Waals surface area contributed by atoms with E-state index in [1.807, 2.05) is 32.0 Å². The fourth-order valence-corrected chi connectivity index (χ4v) is 3.29. The number of ether oxygens (including phenoxy) is 1. The number of ketones is 1. The third-order valence-corrected chi connectivity index (χ3v) is 4.87. The second-order valence-electron chi connectivity index (χ2n) is 7.32. The molecule has 0 aliphatic carbocycles. The molecule has 2 aromatic rings. The lowest BCUT2D eigenvalue weighted by Crippen LogP contribution is -2.37. The number of Topliss-reactive ketones (excluding diaryl/α,β-unsaturated/α-hetero) is 1. The van der Waals surface area contributed by atoms with Crippen molar-refractivity contribution in [1.82, 2.24) is 9.88 Å². The number of hydrogen-bond donors (Lipinski definition) is 2. The maximum Gasteiger partial charge on any atom is 0.355 e. The van der Waals surface area contributed by atoms with Crippen LogP contribution < -0.4 is 5.32 Å². The zero-order valence-corrected chi connectivity index (χ0v) is 18.1. The molecule has 1 heterocycles. The number of esters is 1. The Morgan fingerprint density at radius 1 is 1.07 bits per heavy atom. The zero-order chi connectivity index (χ0) is 22.6. The number of carbonyl (C=O) groups is 4. The van der Waals surface area contributed by atoms with Gasteiger partial charge in [0.05, 0.1) is 6.54 Å². The molecule has 0 fully saturated rings. The van der Waals surface area contributed by atoms with Crippen LogP contribution in [0.3, 0.4) is 0 Å². The minimum Gasteiger partial charge on any atom is -0.451 e. The van der Waals surface area contributed by atoms with E-state index >= 15 is 0 Å². The van der Waals surface area contributed by atoms with Gasteiger partial charge >= 0.3 is 5.97 Å². The molecule has 0 radical (unpaired) electrons. The van der Waals surface area contributed by atoms with Gasteiger partial charge in [0, 0.05) is 24.0 Å². The van der Waals surface area contributed by atoms with Crippen molar-refractivity contribution < 1.29 is 23.9 Å². The van der Waals surface area contributed by atoms with Crippen LogP contribution in [0, 0.1) is 27.7 Å². The summed E-state index contributed by atoms with van der Waals surface area (Å²) in [6.45, 7) is 7.83. The van der Waals surface area contributed by atoms with Crippen molar-refractivity contribution in [2.45, 2.75) is 34.6 Å². The van der Waals surface area contributed by atoms with Crippen LogP contribution in [0.5, 0.6) is 0 Å². The monoisotopic (exact) mass is 413 g/mol. The Morgan fingerprint density at radius 3 is 2.20 bits per heavy atom. The second kappa shape index (κ2) is 9.39. The van der Waals surface area contributed by atoms with Crippen molar-refractivity contribution in [3.63, 3.8) is 0 Å². The summed E-state index contributed by atoms with van der Waals surface area (Å²) in [6.07, 6.45) is 0. The number of carbonyl (C=O) groups excluding carboxylic acids is 4. The summed E-state index contributed by atoms with van der Waals surface area (Å²) in [5.41, 5.74) is 4.20. The first kappa shape index (κ1) is 22.9. The number of benzene rings is 1. The van der Waals surface area contributed by atoms with Crippen LogP contribution in [0.15, 0.2) is 18.2 Å². The molecule has 160 valence electrons. The van der Waals surface area contributed by atoms with Crippen molar-refractivity contribution in [2.24, 2.45) is 0 Å². The summed E-state index contributed by atoms with van der Waals surface area (Å²) in [4.78, 5) is 52.6. The van der Waals surface area contributed by atoms with Gasteiger partial charge in [-0.05, 0) is 51.3 Å². The fourth-order valence-electron chi connectivity index (χ4n) is 3.29. The number of likely N-dealkylation sites (N-methyl/N-ethyl adjacent to an activating group) is 1. The number of H-pyrrole nitrogens is 1. The van der Waals surface area contributed by atoms with Crippen LogP contribution in [0.2, 0.25) is 0 Å². The first-order chi connectivity index (χ1) is 14.0. The van der Waals surface area contributed by atoms with Gasteiger partial charge in [0.25, 0.3) is 5.91 Å². The largest absolute Gasteiger partial charge is 0.451 e. The minimum atomic E-state index is -0.732. The van der Waals surface area contributed by atoms with Crippen LogP contribution in [0.4, 0.5) is 5.69 Å². The number of aryl methyl sites for hydroxylation is 3. The maximum absolute atomic E-state index is 12.3. The molecule has 0 aliphatic rings. The molecule has 1 aromatic heterocycles. The Labute approximate surface area is 175 Å². The standard InChI is InChI=1S/C22H27N3O5/c1-12-8-7-9-13(2)20(12)24-17(27)10-25(6)18(28)11-30-22(29)21-14(3)19(16(5)26)15(4)23-21/h7-9,23H,10-11H2,1-6H3,(H,24,27). The minimum absolute atomic E-state index is 0.140. The number of hydrogen-bond acceptors (Lipinski definition) is 5. The highest BCUT2D eigenvalue weighted by Gasteiger charge is 2.22. The predicted molar refractivity (Wildman–Crippen MR) is 113 cm³/mol. The van der Waals surface area contributed by atoms with E-state index in [1.54, 1.807) is 13.8 Å². The first-order valence-electron chi connectivity index (χ1n) is 9.50. The molecule has 0 aliphatic heterocycles. The average Bonchev–Trinajstić information content (AvgIpc) is 2.96. The lowest BCUT2D eigenvalue weighted by atomic mass is 10.1. The van der Waals surface area contributed by atoms with Gasteiger partial charge in [0.1, 0.15) is 5.69 Å². The van der Waals surface area contributed by atoms with Gasteiger partial charge in [0.15, 0.2) is 12.4 Å². The number of para-hydroxylation sites is 1. The number of nitrogens with zero attached hydrogens (tertiary/aromatic N) is 1. The molecular weight excluding hydrogens is 386 g/mol. The van der Waals surface area contributed by atoms with E-state index in [-0.39, 0.29) is 23.9 Å². The quantitative estimate of drug-likeness (QED) is 0.536. The fraction of sp³-hybridized carbons (Fsp3) is 0.364. The molecule has 8 heteroatoms. The van der Waals surface area contributed by atoms with E-state index in [2.05, 4.69) is 10.3 Å². The van der Waals surface area contributed by atoms with E-state index in [0.717, 1.165) is 11.1 Å². The smallest absolute Gasteiger partial charge is 0.355 e. The van der Waals surface area contributed by atoms with E-state index in [1.165, 1.54) is 18.9 Å². The topological polar surface area (TPSA) is 109 Å². The summed E-state index contributed by atoms with van der Waals surface area (Å²) in [5.74, 6) is -1.76. The van der Waals surface area contributed by atoms with Crippen molar-refractivity contribution >= 4 is 29.3 Å². The highest BCUT2D eigenvalue weighted by atomic mass is 16.5. The Hall–Kier alpha value is -3.42. The summed E-state index contributed by atoms with van der Waals surface area (Å²) in [7, 11) is 1.46. The molecule has 30 heavy (non-hydrogen) atoms. The van der Waals surface area contributed by atoms with Gasteiger partial charge < -0.3 is 19.9 Å². The molecule has 2 amide bonds. The van der Waals surface area contributed by atoms with Crippen molar-refractivity contribution in [3.05, 3.63) is 51.8 Å². The summed E-state index contributed by atoms with van der Waals surface area (Å²) >= 11 is 0. The Kier molecular flexibility index (Phi) is 7.15. The molecule has 8 nitrogen and oxygen atoms in total. The highest BCUT2D eigenvalue weighted by molar-refractivity contribution is 6.01. The third-order valence-electron chi connectivity index (χ3n) is 4.87. The number of rotatable bonds is 7.